The summed E-state index contributed by atoms with van der Waals surface area (Å²) in [5.74, 6) is 1.58. The normalized spacial score (nSPS) is 11.3. The van der Waals surface area contributed by atoms with Gasteiger partial charge in [0.05, 0.1) is 0 Å². The number of nitrogens with zero attached hydrogens (tertiary/aromatic N) is 1. The zero-order valence-corrected chi connectivity index (χ0v) is 8.31. The Kier molecular flexibility index (Phi) is 3.73. The Hall–Kier alpha value is -1.77. The molecule has 1 rings (SSSR count). The molecule has 0 spiro atoms. The van der Waals surface area contributed by atoms with Crippen molar-refractivity contribution in [3.8, 4) is 0 Å². The van der Waals surface area contributed by atoms with Crippen LogP contribution >= 0.6 is 0 Å². The first-order chi connectivity index (χ1) is 6.74. The average Bonchev–Trinajstić information content (AvgIpc) is 2.61. The van der Waals surface area contributed by atoms with Crippen molar-refractivity contribution in [2.75, 3.05) is 19.0 Å². The summed E-state index contributed by atoms with van der Waals surface area (Å²) < 4.78 is 5.44. The van der Waals surface area contributed by atoms with Crippen molar-refractivity contribution in [2.45, 2.75) is 0 Å². The molecule has 0 fully saturated rings. The van der Waals surface area contributed by atoms with Gasteiger partial charge in [0.2, 0.25) is 0 Å². The maximum Gasteiger partial charge on any atom is 0.195 e. The van der Waals surface area contributed by atoms with Gasteiger partial charge < -0.3 is 9.32 Å². The second-order valence-electron chi connectivity index (χ2n) is 2.95. The molecular weight excluding hydrogens is 178 g/mol. The van der Waals surface area contributed by atoms with E-state index in [4.69, 9.17) is 4.42 Å². The van der Waals surface area contributed by atoms with Gasteiger partial charge in [-0.3, -0.25) is 4.79 Å². The Labute approximate surface area is 83.3 Å². The van der Waals surface area contributed by atoms with E-state index in [9.17, 15) is 4.79 Å². The van der Waals surface area contributed by atoms with Crippen molar-refractivity contribution in [2.24, 2.45) is 0 Å². The SMILES string of the molecule is CN(C)c1ccc(/C=C/C=C/C=O)o1. The van der Waals surface area contributed by atoms with Gasteiger partial charge in [-0.15, -0.1) is 0 Å². The molecule has 0 amide bonds. The molecule has 3 nitrogen and oxygen atoms in total. The molecular formula is C11H13NO2. The van der Waals surface area contributed by atoms with E-state index in [2.05, 4.69) is 0 Å². The molecule has 0 atom stereocenters. The summed E-state index contributed by atoms with van der Waals surface area (Å²) in [6, 6.07) is 3.77. The fourth-order valence-electron chi connectivity index (χ4n) is 0.932. The van der Waals surface area contributed by atoms with E-state index in [0.29, 0.717) is 0 Å². The lowest BCUT2D eigenvalue weighted by atomic mass is 10.4. The number of carbonyl (C=O) groups excluding carboxylic acids is 1. The van der Waals surface area contributed by atoms with E-state index in [-0.39, 0.29) is 0 Å². The van der Waals surface area contributed by atoms with Crippen molar-refractivity contribution in [1.82, 2.24) is 0 Å². The zero-order chi connectivity index (χ0) is 10.4. The third-order valence-electron chi connectivity index (χ3n) is 1.61. The van der Waals surface area contributed by atoms with Crippen LogP contribution in [0.2, 0.25) is 0 Å². The fraction of sp³-hybridized carbons (Fsp3) is 0.182. The van der Waals surface area contributed by atoms with Crippen LogP contribution in [0.15, 0.2) is 34.8 Å². The third kappa shape index (κ3) is 2.94. The van der Waals surface area contributed by atoms with Gasteiger partial charge in [0.1, 0.15) is 12.0 Å². The molecule has 0 aliphatic heterocycles. The Morgan fingerprint density at radius 2 is 2.00 bits per heavy atom. The van der Waals surface area contributed by atoms with Crippen molar-refractivity contribution in [3.63, 3.8) is 0 Å². The Morgan fingerprint density at radius 1 is 1.21 bits per heavy atom. The molecule has 0 unspecified atom stereocenters. The molecule has 0 aromatic carbocycles. The summed E-state index contributed by atoms with van der Waals surface area (Å²) in [5.41, 5.74) is 0. The second kappa shape index (κ2) is 5.07. The van der Waals surface area contributed by atoms with Gasteiger partial charge in [-0.2, -0.15) is 0 Å². The molecule has 1 aromatic heterocycles. The quantitative estimate of drug-likeness (QED) is 0.415. The van der Waals surface area contributed by atoms with Gasteiger partial charge in [0.15, 0.2) is 5.88 Å². The molecule has 0 aliphatic rings. The topological polar surface area (TPSA) is 33.5 Å². The predicted octanol–water partition coefficient (Wildman–Crippen LogP) is 2.11. The maximum atomic E-state index is 9.96. The van der Waals surface area contributed by atoms with Crippen LogP contribution in [0.5, 0.6) is 0 Å². The molecule has 14 heavy (non-hydrogen) atoms. The highest BCUT2D eigenvalue weighted by Crippen LogP contribution is 2.16. The van der Waals surface area contributed by atoms with Gasteiger partial charge in [0.25, 0.3) is 0 Å². The Bertz CT molecular complexity index is 348. The van der Waals surface area contributed by atoms with Gasteiger partial charge in [-0.05, 0) is 18.2 Å². The first-order valence-corrected chi connectivity index (χ1v) is 4.29. The minimum atomic E-state index is 0.734. The van der Waals surface area contributed by atoms with Crippen LogP contribution in [0.25, 0.3) is 6.08 Å². The molecule has 0 N–H and O–H groups in total. The summed E-state index contributed by atoms with van der Waals surface area (Å²) in [4.78, 5) is 11.8. The number of furan rings is 1. The predicted molar refractivity (Wildman–Crippen MR) is 57.3 cm³/mol. The lowest BCUT2D eigenvalue weighted by Crippen LogP contribution is -2.06. The summed E-state index contributed by atoms with van der Waals surface area (Å²) in [5, 5.41) is 0. The molecule has 0 saturated carbocycles. The van der Waals surface area contributed by atoms with E-state index < -0.39 is 0 Å². The summed E-state index contributed by atoms with van der Waals surface area (Å²) in [6.07, 6.45) is 7.37. The fourth-order valence-corrected chi connectivity index (χ4v) is 0.932. The number of aldehydes is 1. The minimum Gasteiger partial charge on any atom is -0.441 e. The molecule has 0 aliphatic carbocycles. The highest BCUT2D eigenvalue weighted by molar-refractivity contribution is 5.66. The molecule has 1 aromatic rings. The largest absolute Gasteiger partial charge is 0.441 e. The molecule has 0 radical (unpaired) electrons. The summed E-state index contributed by atoms with van der Waals surface area (Å²) in [6.45, 7) is 0. The van der Waals surface area contributed by atoms with Crippen LogP contribution in [0.1, 0.15) is 5.76 Å². The Morgan fingerprint density at radius 3 is 2.57 bits per heavy atom. The number of hydrogen-bond acceptors (Lipinski definition) is 3. The molecule has 3 heteroatoms. The first kappa shape index (κ1) is 10.3. The molecule has 1 heterocycles. The minimum absolute atomic E-state index is 0.734. The monoisotopic (exact) mass is 191 g/mol. The van der Waals surface area contributed by atoms with Crippen molar-refractivity contribution >= 4 is 18.2 Å². The van der Waals surface area contributed by atoms with Crippen molar-refractivity contribution in [1.29, 1.82) is 0 Å². The molecule has 74 valence electrons. The van der Waals surface area contributed by atoms with Crippen LogP contribution in [0, 0.1) is 0 Å². The van der Waals surface area contributed by atoms with E-state index in [1.54, 1.807) is 18.2 Å². The summed E-state index contributed by atoms with van der Waals surface area (Å²) >= 11 is 0. The van der Waals surface area contributed by atoms with Gasteiger partial charge >= 0.3 is 0 Å². The van der Waals surface area contributed by atoms with Crippen LogP contribution in [0.4, 0.5) is 5.88 Å². The number of carbonyl (C=O) groups is 1. The van der Waals surface area contributed by atoms with Crippen LogP contribution in [-0.2, 0) is 4.79 Å². The average molecular weight is 191 g/mol. The smallest absolute Gasteiger partial charge is 0.195 e. The molecule has 0 saturated heterocycles. The highest BCUT2D eigenvalue weighted by atomic mass is 16.4. The van der Waals surface area contributed by atoms with E-state index in [1.165, 1.54) is 6.08 Å². The van der Waals surface area contributed by atoms with Gasteiger partial charge in [-0.25, -0.2) is 0 Å². The summed E-state index contributed by atoms with van der Waals surface area (Å²) in [7, 11) is 3.83. The highest BCUT2D eigenvalue weighted by Gasteiger charge is 1.99. The number of anilines is 1. The van der Waals surface area contributed by atoms with Crippen molar-refractivity contribution in [3.05, 3.63) is 36.1 Å². The van der Waals surface area contributed by atoms with Crippen molar-refractivity contribution < 1.29 is 9.21 Å². The second-order valence-corrected chi connectivity index (χ2v) is 2.95. The van der Waals surface area contributed by atoms with Gasteiger partial charge in [0, 0.05) is 20.2 Å². The van der Waals surface area contributed by atoms with Crippen LogP contribution in [-0.4, -0.2) is 20.4 Å². The number of allylic oxidation sites excluding steroid dienone is 3. The standard InChI is InChI=1S/C11H13NO2/c1-12(2)11-8-7-10(14-11)6-4-3-5-9-13/h3-9H,1-2H3/b5-3+,6-4+. The van der Waals surface area contributed by atoms with Gasteiger partial charge in [-0.1, -0.05) is 12.2 Å². The Balaban J connectivity index is 2.63. The number of rotatable bonds is 4. The van der Waals surface area contributed by atoms with Crippen LogP contribution < -0.4 is 4.90 Å². The lowest BCUT2D eigenvalue weighted by Gasteiger charge is -2.05. The van der Waals surface area contributed by atoms with E-state index >= 15 is 0 Å². The zero-order valence-electron chi connectivity index (χ0n) is 8.31. The third-order valence-corrected chi connectivity index (χ3v) is 1.61. The molecule has 0 bridgehead atoms. The van der Waals surface area contributed by atoms with E-state index in [0.717, 1.165) is 17.9 Å². The number of hydrogen-bond donors (Lipinski definition) is 0. The lowest BCUT2D eigenvalue weighted by molar-refractivity contribution is -0.104. The van der Waals surface area contributed by atoms with E-state index in [1.807, 2.05) is 31.1 Å². The first-order valence-electron chi connectivity index (χ1n) is 4.29. The maximum absolute atomic E-state index is 9.96. The van der Waals surface area contributed by atoms with Crippen LogP contribution in [0.3, 0.4) is 0 Å².